The number of hydrogen-bond donors (Lipinski definition) is 1. The zero-order valence-corrected chi connectivity index (χ0v) is 13.4. The van der Waals surface area contributed by atoms with Crippen molar-refractivity contribution in [3.8, 4) is 0 Å². The molecule has 1 saturated carbocycles. The summed E-state index contributed by atoms with van der Waals surface area (Å²) in [5, 5.41) is 2.48. The van der Waals surface area contributed by atoms with Crippen LogP contribution in [0.3, 0.4) is 0 Å². The second kappa shape index (κ2) is 5.51. The highest BCUT2D eigenvalue weighted by Gasteiger charge is 2.39. The third kappa shape index (κ3) is 2.23. The van der Waals surface area contributed by atoms with Crippen molar-refractivity contribution >= 4 is 29.3 Å². The van der Waals surface area contributed by atoms with E-state index in [1.54, 1.807) is 0 Å². The Morgan fingerprint density at radius 1 is 1.29 bits per heavy atom. The van der Waals surface area contributed by atoms with Crippen molar-refractivity contribution in [1.29, 1.82) is 0 Å². The monoisotopic (exact) mass is 329 g/mol. The first kappa shape index (κ1) is 15.0. The first-order valence-corrected chi connectivity index (χ1v) is 8.23. The summed E-state index contributed by atoms with van der Waals surface area (Å²) in [4.78, 5) is 39.4. The molecule has 7 heteroatoms. The van der Waals surface area contributed by atoms with Gasteiger partial charge in [-0.25, -0.2) is 4.79 Å². The molecule has 1 saturated heterocycles. The summed E-state index contributed by atoms with van der Waals surface area (Å²) < 4.78 is 5.11. The van der Waals surface area contributed by atoms with Crippen molar-refractivity contribution in [3.63, 3.8) is 0 Å². The minimum atomic E-state index is -0.802. The van der Waals surface area contributed by atoms with Crippen molar-refractivity contribution in [2.45, 2.75) is 37.8 Å². The number of carbonyl (C=O) groups is 3. The van der Waals surface area contributed by atoms with Crippen molar-refractivity contribution in [1.82, 2.24) is 5.32 Å². The Hall–Kier alpha value is -2.57. The lowest BCUT2D eigenvalue weighted by atomic mass is 9.91. The smallest absolute Gasteiger partial charge is 0.415 e. The Morgan fingerprint density at radius 2 is 2.08 bits per heavy atom. The van der Waals surface area contributed by atoms with Gasteiger partial charge < -0.3 is 15.0 Å². The maximum atomic E-state index is 12.3. The highest BCUT2D eigenvalue weighted by atomic mass is 16.6. The Balaban J connectivity index is 1.58. The maximum absolute atomic E-state index is 12.3. The second-order valence-corrected chi connectivity index (χ2v) is 6.44. The fraction of sp³-hybridized carbons (Fsp3) is 0.471. The molecule has 1 aliphatic carbocycles. The van der Waals surface area contributed by atoms with Gasteiger partial charge in [0.05, 0.1) is 13.0 Å². The molecule has 2 aliphatic heterocycles. The van der Waals surface area contributed by atoms with E-state index < -0.39 is 12.2 Å². The van der Waals surface area contributed by atoms with E-state index in [0.717, 1.165) is 24.1 Å². The number of fused-ring (bicyclic) bond motifs is 1. The summed E-state index contributed by atoms with van der Waals surface area (Å²) in [5.41, 5.74) is 2.54. The van der Waals surface area contributed by atoms with Gasteiger partial charge in [0.2, 0.25) is 5.91 Å². The molecule has 3 aliphatic rings. The molecule has 126 valence electrons. The van der Waals surface area contributed by atoms with E-state index in [0.29, 0.717) is 18.2 Å². The highest BCUT2D eigenvalue weighted by molar-refractivity contribution is 6.03. The minimum absolute atomic E-state index is 0.124. The van der Waals surface area contributed by atoms with Gasteiger partial charge >= 0.3 is 6.09 Å². The maximum Gasteiger partial charge on any atom is 0.415 e. The molecule has 0 radical (unpaired) electrons. The molecular formula is C17H19N3O4. The van der Waals surface area contributed by atoms with Crippen LogP contribution in [0.5, 0.6) is 0 Å². The highest BCUT2D eigenvalue weighted by Crippen LogP contribution is 2.39. The molecule has 1 atom stereocenters. The fourth-order valence-electron chi connectivity index (χ4n) is 3.52. The van der Waals surface area contributed by atoms with E-state index in [-0.39, 0.29) is 18.4 Å². The minimum Gasteiger partial charge on any atom is -0.434 e. The van der Waals surface area contributed by atoms with E-state index >= 15 is 0 Å². The summed E-state index contributed by atoms with van der Waals surface area (Å²) in [6.45, 7) is 0.178. The molecule has 0 unspecified atom stereocenters. The van der Waals surface area contributed by atoms with Crippen molar-refractivity contribution in [2.75, 3.05) is 23.4 Å². The number of amides is 3. The normalized spacial score (nSPS) is 23.1. The van der Waals surface area contributed by atoms with Crippen molar-refractivity contribution in [3.05, 3.63) is 23.8 Å². The summed E-state index contributed by atoms with van der Waals surface area (Å²) >= 11 is 0. The predicted octanol–water partition coefficient (Wildman–Crippen LogP) is 1.20. The lowest BCUT2D eigenvalue weighted by molar-refractivity contribution is -0.127. The number of benzene rings is 1. The molecule has 1 aromatic carbocycles. The van der Waals surface area contributed by atoms with Gasteiger partial charge in [0.15, 0.2) is 6.10 Å². The average molecular weight is 329 g/mol. The topological polar surface area (TPSA) is 79.0 Å². The molecule has 0 bridgehead atoms. The number of ether oxygens (including phenoxy) is 1. The van der Waals surface area contributed by atoms with Gasteiger partial charge in [-0.05, 0) is 43.0 Å². The molecule has 0 spiro atoms. The Kier molecular flexibility index (Phi) is 3.44. The molecule has 3 amide bonds. The first-order chi connectivity index (χ1) is 11.6. The lowest BCUT2D eigenvalue weighted by Gasteiger charge is -2.35. The van der Waals surface area contributed by atoms with Gasteiger partial charge in [-0.2, -0.15) is 0 Å². The predicted molar refractivity (Wildman–Crippen MR) is 87.0 cm³/mol. The molecule has 1 aromatic rings. The van der Waals surface area contributed by atoms with Crippen molar-refractivity contribution in [2.24, 2.45) is 0 Å². The number of nitrogens with zero attached hydrogens (tertiary/aromatic N) is 2. The van der Waals surface area contributed by atoms with Crippen LogP contribution >= 0.6 is 0 Å². The SMILES string of the molecule is CNC(=O)[C@H]1CN(c2ccc3c(c2)CC(=O)N3C2CCC2)C(=O)O1. The molecule has 0 aromatic heterocycles. The molecule has 2 fully saturated rings. The van der Waals surface area contributed by atoms with Gasteiger partial charge in [0.25, 0.3) is 5.91 Å². The van der Waals surface area contributed by atoms with E-state index in [4.69, 9.17) is 4.74 Å². The van der Waals surface area contributed by atoms with Crippen LogP contribution in [0.2, 0.25) is 0 Å². The van der Waals surface area contributed by atoms with E-state index in [9.17, 15) is 14.4 Å². The number of nitrogens with one attached hydrogen (secondary N) is 1. The number of anilines is 2. The van der Waals surface area contributed by atoms with Gasteiger partial charge in [-0.15, -0.1) is 0 Å². The van der Waals surface area contributed by atoms with Gasteiger partial charge in [-0.3, -0.25) is 14.5 Å². The van der Waals surface area contributed by atoms with Crippen LogP contribution in [0, 0.1) is 0 Å². The average Bonchev–Trinajstić information content (AvgIpc) is 3.05. The number of likely N-dealkylation sites (N-methyl/N-ethyl adjacent to an activating group) is 1. The molecule has 24 heavy (non-hydrogen) atoms. The largest absolute Gasteiger partial charge is 0.434 e. The fourth-order valence-corrected chi connectivity index (χ4v) is 3.52. The molecule has 2 heterocycles. The Labute approximate surface area is 139 Å². The van der Waals surface area contributed by atoms with Crippen LogP contribution in [-0.2, 0) is 20.7 Å². The van der Waals surface area contributed by atoms with Crippen LogP contribution in [-0.4, -0.2) is 43.6 Å². The van der Waals surface area contributed by atoms with Crippen LogP contribution < -0.4 is 15.1 Å². The van der Waals surface area contributed by atoms with Gasteiger partial charge in [0.1, 0.15) is 0 Å². The van der Waals surface area contributed by atoms with Crippen LogP contribution in [0.15, 0.2) is 18.2 Å². The molecule has 4 rings (SSSR count). The number of hydrogen-bond acceptors (Lipinski definition) is 4. The van der Waals surface area contributed by atoms with Crippen LogP contribution in [0.4, 0.5) is 16.2 Å². The quantitative estimate of drug-likeness (QED) is 0.904. The van der Waals surface area contributed by atoms with Crippen molar-refractivity contribution < 1.29 is 19.1 Å². The van der Waals surface area contributed by atoms with E-state index in [2.05, 4.69) is 5.32 Å². The first-order valence-electron chi connectivity index (χ1n) is 8.23. The standard InChI is InChI=1S/C17H19N3O4/c1-18-16(22)14-9-19(17(23)24-14)12-5-6-13-10(7-12)8-15(21)20(13)11-3-2-4-11/h5-7,11,14H,2-4,8-9H2,1H3,(H,18,22)/t14-/m1/s1. The zero-order valence-electron chi connectivity index (χ0n) is 13.4. The van der Waals surface area contributed by atoms with Crippen LogP contribution in [0.1, 0.15) is 24.8 Å². The molecular weight excluding hydrogens is 310 g/mol. The van der Waals surface area contributed by atoms with Crippen LogP contribution in [0.25, 0.3) is 0 Å². The third-order valence-corrected chi connectivity index (χ3v) is 5.04. The number of cyclic esters (lactones) is 1. The molecule has 7 nitrogen and oxygen atoms in total. The third-order valence-electron chi connectivity index (χ3n) is 5.04. The number of rotatable bonds is 3. The Morgan fingerprint density at radius 3 is 2.75 bits per heavy atom. The molecule has 1 N–H and O–H groups in total. The van der Waals surface area contributed by atoms with Gasteiger partial charge in [0, 0.05) is 24.5 Å². The van der Waals surface area contributed by atoms with E-state index in [1.165, 1.54) is 18.4 Å². The Bertz CT molecular complexity index is 729. The second-order valence-electron chi connectivity index (χ2n) is 6.44. The number of carbonyl (C=O) groups excluding carboxylic acids is 3. The summed E-state index contributed by atoms with van der Waals surface area (Å²) in [6, 6.07) is 5.89. The van der Waals surface area contributed by atoms with E-state index in [1.807, 2.05) is 23.1 Å². The summed E-state index contributed by atoms with van der Waals surface area (Å²) in [6.07, 6.45) is 2.30. The summed E-state index contributed by atoms with van der Waals surface area (Å²) in [7, 11) is 1.51. The van der Waals surface area contributed by atoms with Gasteiger partial charge in [-0.1, -0.05) is 0 Å². The zero-order chi connectivity index (χ0) is 16.8. The summed E-state index contributed by atoms with van der Waals surface area (Å²) in [5.74, 6) is -0.197. The lowest BCUT2D eigenvalue weighted by Crippen LogP contribution is -2.42.